The lowest BCUT2D eigenvalue weighted by Crippen LogP contribution is -2.38. The van der Waals surface area contributed by atoms with E-state index in [2.05, 4.69) is 18.7 Å². The third-order valence-electron chi connectivity index (χ3n) is 7.09. The third kappa shape index (κ3) is 6.40. The number of likely N-dealkylation sites (tertiary alicyclic amines) is 1. The summed E-state index contributed by atoms with van der Waals surface area (Å²) in [6.07, 6.45) is 3.58. The molecule has 2 heterocycles. The van der Waals surface area contributed by atoms with Crippen molar-refractivity contribution in [3.8, 4) is 5.75 Å². The smallest absolute Gasteiger partial charge is 0.295 e. The lowest BCUT2D eigenvalue weighted by atomic mass is 9.94. The van der Waals surface area contributed by atoms with Crippen molar-refractivity contribution in [2.45, 2.75) is 45.6 Å². The van der Waals surface area contributed by atoms with Crippen LogP contribution in [0, 0.1) is 0 Å². The number of Topliss-reactive ketones (excluding diaryl/α,β-unsaturated/α-hetero) is 1. The number of ether oxygens (including phenoxy) is 2. The largest absolute Gasteiger partial charge is 0.507 e. The Balaban J connectivity index is 1.65. The van der Waals surface area contributed by atoms with E-state index in [0.29, 0.717) is 24.5 Å². The number of amides is 1. The molecule has 0 bridgehead atoms. The predicted molar refractivity (Wildman–Crippen MR) is 144 cm³/mol. The molecule has 2 aromatic carbocycles. The average Bonchev–Trinajstić information content (AvgIpc) is 3.18. The Kier molecular flexibility index (Phi) is 9.36. The van der Waals surface area contributed by atoms with Gasteiger partial charge in [-0.2, -0.15) is 0 Å². The third-order valence-corrected chi connectivity index (χ3v) is 7.09. The first-order valence-corrected chi connectivity index (χ1v) is 13.4. The van der Waals surface area contributed by atoms with Crippen molar-refractivity contribution in [2.24, 2.45) is 0 Å². The molecule has 0 aliphatic carbocycles. The Morgan fingerprint density at radius 1 is 1.03 bits per heavy atom. The molecule has 2 saturated heterocycles. The van der Waals surface area contributed by atoms with E-state index in [-0.39, 0.29) is 11.3 Å². The van der Waals surface area contributed by atoms with Gasteiger partial charge in [0.25, 0.3) is 11.7 Å². The van der Waals surface area contributed by atoms with Gasteiger partial charge in [-0.15, -0.1) is 0 Å². The maximum absolute atomic E-state index is 13.3. The number of aryl methyl sites for hydroxylation is 1. The molecule has 2 fully saturated rings. The Labute approximate surface area is 219 Å². The maximum atomic E-state index is 13.3. The summed E-state index contributed by atoms with van der Waals surface area (Å²) in [4.78, 5) is 30.5. The van der Waals surface area contributed by atoms with Crippen molar-refractivity contribution in [3.05, 3.63) is 70.8 Å². The number of carbonyl (C=O) groups excluding carboxylic acids is 2. The normalized spacial score (nSPS) is 19.9. The van der Waals surface area contributed by atoms with Crippen molar-refractivity contribution >= 4 is 17.4 Å². The summed E-state index contributed by atoms with van der Waals surface area (Å²) in [7, 11) is 0. The Morgan fingerprint density at radius 3 is 2.49 bits per heavy atom. The highest BCUT2D eigenvalue weighted by atomic mass is 16.5. The van der Waals surface area contributed by atoms with Gasteiger partial charge in [0.2, 0.25) is 0 Å². The van der Waals surface area contributed by atoms with Crippen molar-refractivity contribution < 1.29 is 24.2 Å². The first-order chi connectivity index (χ1) is 18.0. The summed E-state index contributed by atoms with van der Waals surface area (Å²) in [5.41, 5.74) is 2.59. The quantitative estimate of drug-likeness (QED) is 0.208. The zero-order chi connectivity index (χ0) is 26.2. The summed E-state index contributed by atoms with van der Waals surface area (Å²) in [5, 5.41) is 11.4. The van der Waals surface area contributed by atoms with E-state index < -0.39 is 17.7 Å². The van der Waals surface area contributed by atoms with Gasteiger partial charge in [-0.3, -0.25) is 14.5 Å². The molecule has 0 saturated carbocycles. The summed E-state index contributed by atoms with van der Waals surface area (Å²) in [6, 6.07) is 14.4. The molecule has 0 spiro atoms. The van der Waals surface area contributed by atoms with Crippen molar-refractivity contribution in [1.29, 1.82) is 0 Å². The topological polar surface area (TPSA) is 79.3 Å². The predicted octanol–water partition coefficient (Wildman–Crippen LogP) is 4.57. The molecule has 7 heteroatoms. The highest BCUT2D eigenvalue weighted by Gasteiger charge is 2.45. The average molecular weight is 507 g/mol. The van der Waals surface area contributed by atoms with Crippen LogP contribution in [0.25, 0.3) is 5.76 Å². The Hall–Kier alpha value is -3.16. The van der Waals surface area contributed by atoms with E-state index >= 15 is 0 Å². The molecule has 2 aliphatic heterocycles. The molecule has 1 N–H and O–H groups in total. The lowest BCUT2D eigenvalue weighted by molar-refractivity contribution is -0.140. The number of unbranched alkanes of at least 4 members (excludes halogenated alkanes) is 1. The van der Waals surface area contributed by atoms with Crippen LogP contribution in [0.1, 0.15) is 55.8 Å². The van der Waals surface area contributed by atoms with E-state index in [1.165, 1.54) is 5.56 Å². The number of aliphatic hydroxyl groups is 1. The van der Waals surface area contributed by atoms with Crippen molar-refractivity contribution in [2.75, 3.05) is 46.0 Å². The fourth-order valence-corrected chi connectivity index (χ4v) is 4.91. The van der Waals surface area contributed by atoms with E-state index in [9.17, 15) is 14.7 Å². The molecule has 4 rings (SSSR count). The van der Waals surface area contributed by atoms with Crippen LogP contribution in [0.4, 0.5) is 0 Å². The summed E-state index contributed by atoms with van der Waals surface area (Å²) >= 11 is 0. The number of aliphatic hydroxyl groups excluding tert-OH is 1. The van der Waals surface area contributed by atoms with Crippen LogP contribution in [-0.2, 0) is 20.7 Å². The molecule has 1 unspecified atom stereocenters. The fraction of sp³-hybridized carbons (Fsp3) is 0.467. The maximum Gasteiger partial charge on any atom is 0.295 e. The molecular weight excluding hydrogens is 468 g/mol. The van der Waals surface area contributed by atoms with Gasteiger partial charge in [0.1, 0.15) is 11.5 Å². The van der Waals surface area contributed by atoms with Gasteiger partial charge >= 0.3 is 0 Å². The van der Waals surface area contributed by atoms with Crippen LogP contribution in [-0.4, -0.2) is 72.6 Å². The molecular formula is C30H38N2O5. The van der Waals surface area contributed by atoms with Crippen molar-refractivity contribution in [3.63, 3.8) is 0 Å². The molecule has 0 radical (unpaired) electrons. The van der Waals surface area contributed by atoms with E-state index in [1.54, 1.807) is 23.1 Å². The van der Waals surface area contributed by atoms with Crippen LogP contribution in [0.5, 0.6) is 5.75 Å². The van der Waals surface area contributed by atoms with Gasteiger partial charge in [-0.1, -0.05) is 56.7 Å². The second-order valence-corrected chi connectivity index (χ2v) is 9.63. The van der Waals surface area contributed by atoms with Crippen LogP contribution < -0.4 is 4.74 Å². The number of nitrogens with zero attached hydrogens (tertiary/aromatic N) is 2. The lowest BCUT2D eigenvalue weighted by Gasteiger charge is -2.29. The minimum atomic E-state index is -0.647. The molecule has 2 aromatic rings. The molecule has 7 nitrogen and oxygen atoms in total. The van der Waals surface area contributed by atoms with Gasteiger partial charge in [-0.05, 0) is 42.5 Å². The highest BCUT2D eigenvalue weighted by Crippen LogP contribution is 2.40. The molecule has 0 aromatic heterocycles. The van der Waals surface area contributed by atoms with Crippen LogP contribution in [0.3, 0.4) is 0 Å². The number of hydrogen-bond acceptors (Lipinski definition) is 6. The van der Waals surface area contributed by atoms with Gasteiger partial charge in [0, 0.05) is 31.7 Å². The zero-order valence-electron chi connectivity index (χ0n) is 21.9. The first-order valence-electron chi connectivity index (χ1n) is 13.4. The minimum absolute atomic E-state index is 0.131. The van der Waals surface area contributed by atoms with Gasteiger partial charge in [0.05, 0.1) is 31.4 Å². The van der Waals surface area contributed by atoms with Gasteiger partial charge in [0.15, 0.2) is 0 Å². The molecule has 1 amide bonds. The van der Waals surface area contributed by atoms with Gasteiger partial charge < -0.3 is 19.5 Å². The zero-order valence-corrected chi connectivity index (χ0v) is 21.9. The Bertz CT molecular complexity index is 1110. The van der Waals surface area contributed by atoms with Crippen LogP contribution in [0.15, 0.2) is 54.1 Å². The van der Waals surface area contributed by atoms with Crippen LogP contribution >= 0.6 is 0 Å². The number of benzene rings is 2. The summed E-state index contributed by atoms with van der Waals surface area (Å²) in [6.45, 7) is 9.20. The number of hydrogen-bond donors (Lipinski definition) is 1. The summed E-state index contributed by atoms with van der Waals surface area (Å²) in [5.74, 6) is -0.755. The van der Waals surface area contributed by atoms with E-state index in [4.69, 9.17) is 9.47 Å². The second-order valence-electron chi connectivity index (χ2n) is 9.63. The fourth-order valence-electron chi connectivity index (χ4n) is 4.91. The summed E-state index contributed by atoms with van der Waals surface area (Å²) < 4.78 is 11.2. The monoisotopic (exact) mass is 506 g/mol. The molecule has 37 heavy (non-hydrogen) atoms. The van der Waals surface area contributed by atoms with Crippen molar-refractivity contribution in [1.82, 2.24) is 9.80 Å². The minimum Gasteiger partial charge on any atom is -0.507 e. The molecule has 198 valence electrons. The van der Waals surface area contributed by atoms with E-state index in [1.807, 2.05) is 30.3 Å². The second kappa shape index (κ2) is 12.9. The van der Waals surface area contributed by atoms with Gasteiger partial charge in [-0.25, -0.2) is 0 Å². The number of ketones is 1. The first kappa shape index (κ1) is 26.9. The number of carbonyl (C=O) groups is 2. The number of morpholine rings is 1. The number of rotatable bonds is 11. The highest BCUT2D eigenvalue weighted by molar-refractivity contribution is 6.46. The standard InChI is InChI=1S/C30H38N2O5/c1-3-5-18-37-25-9-6-8-24(21-25)28(33)26-27(23-12-10-22(4-2)11-13-23)32(30(35)29(26)34)15-7-14-31-16-19-36-20-17-31/h6,8-13,21,27,33H,3-5,7,14-20H2,1-2H3. The molecule has 1 atom stereocenters. The Morgan fingerprint density at radius 2 is 1.78 bits per heavy atom. The SMILES string of the molecule is CCCCOc1cccc(C(O)=C2C(=O)C(=O)N(CCCN3CCOCC3)C2c2ccc(CC)cc2)c1. The van der Waals surface area contributed by atoms with Crippen LogP contribution in [0.2, 0.25) is 0 Å². The molecule has 2 aliphatic rings. The van der Waals surface area contributed by atoms with E-state index in [0.717, 1.165) is 64.1 Å².